The van der Waals surface area contributed by atoms with Crippen LogP contribution in [0.5, 0.6) is 0 Å². The van der Waals surface area contributed by atoms with Crippen molar-refractivity contribution in [2.75, 3.05) is 0 Å². The number of hydrogen-bond acceptors (Lipinski definition) is 1. The minimum atomic E-state index is -4.51. The van der Waals surface area contributed by atoms with Crippen LogP contribution in [-0.2, 0) is 11.8 Å². The van der Waals surface area contributed by atoms with E-state index < -0.39 is 23.2 Å². The van der Waals surface area contributed by atoms with E-state index in [1.54, 1.807) is 6.92 Å². The molecule has 1 unspecified atom stereocenters. The predicted octanol–water partition coefficient (Wildman–Crippen LogP) is 4.49. The Morgan fingerprint density at radius 2 is 1.57 bits per heavy atom. The van der Waals surface area contributed by atoms with E-state index in [0.717, 1.165) is 12.1 Å². The smallest absolute Gasteiger partial charge is 0.380 e. The van der Waals surface area contributed by atoms with Gasteiger partial charge >= 0.3 is 6.18 Å². The van der Waals surface area contributed by atoms with Gasteiger partial charge in [-0.2, -0.15) is 13.2 Å². The summed E-state index contributed by atoms with van der Waals surface area (Å²) in [5.41, 5.74) is -2.69. The van der Waals surface area contributed by atoms with Crippen LogP contribution in [-0.4, -0.2) is 5.11 Å². The van der Waals surface area contributed by atoms with E-state index in [0.29, 0.717) is 0 Å². The summed E-state index contributed by atoms with van der Waals surface area (Å²) >= 11 is 0. The lowest BCUT2D eigenvalue weighted by Crippen LogP contribution is -2.28. The molecule has 0 aliphatic carbocycles. The third-order valence-electron chi connectivity index (χ3n) is 3.50. The van der Waals surface area contributed by atoms with Crippen molar-refractivity contribution in [3.05, 3.63) is 71.0 Å². The molecule has 2 aromatic carbocycles. The van der Waals surface area contributed by atoms with Gasteiger partial charge in [0.25, 0.3) is 0 Å². The Morgan fingerprint density at radius 3 is 2.14 bits per heavy atom. The summed E-state index contributed by atoms with van der Waals surface area (Å²) < 4.78 is 52.3. The maximum atomic E-state index is 13.9. The molecule has 0 amide bonds. The summed E-state index contributed by atoms with van der Waals surface area (Å²) in [6, 6.07) is 9.89. The Balaban J connectivity index is 2.59. The van der Waals surface area contributed by atoms with Gasteiger partial charge in [-0.1, -0.05) is 37.3 Å². The van der Waals surface area contributed by atoms with Crippen LogP contribution in [0.3, 0.4) is 0 Å². The molecule has 0 bridgehead atoms. The Bertz CT molecular complexity index is 636. The fraction of sp³-hybridized carbons (Fsp3) is 0.250. The molecular formula is C16H14F4O. The fourth-order valence-electron chi connectivity index (χ4n) is 2.30. The van der Waals surface area contributed by atoms with Gasteiger partial charge in [-0.05, 0) is 30.2 Å². The van der Waals surface area contributed by atoms with Crippen molar-refractivity contribution in [2.24, 2.45) is 0 Å². The van der Waals surface area contributed by atoms with Gasteiger partial charge in [-0.15, -0.1) is 0 Å². The molecule has 0 aliphatic heterocycles. The highest BCUT2D eigenvalue weighted by molar-refractivity contribution is 5.39. The van der Waals surface area contributed by atoms with Crippen molar-refractivity contribution >= 4 is 0 Å². The molecule has 2 aromatic rings. The second kappa shape index (κ2) is 5.48. The van der Waals surface area contributed by atoms with E-state index >= 15 is 0 Å². The summed E-state index contributed by atoms with van der Waals surface area (Å²) in [6.07, 6.45) is -4.46. The molecule has 0 saturated carbocycles. The van der Waals surface area contributed by atoms with Gasteiger partial charge < -0.3 is 5.11 Å². The lowest BCUT2D eigenvalue weighted by atomic mass is 9.83. The van der Waals surface area contributed by atoms with Gasteiger partial charge in [0.15, 0.2) is 0 Å². The lowest BCUT2D eigenvalue weighted by molar-refractivity contribution is -0.137. The molecule has 1 nitrogen and oxygen atoms in total. The molecule has 0 aliphatic rings. The Morgan fingerprint density at radius 1 is 0.952 bits per heavy atom. The van der Waals surface area contributed by atoms with Crippen LogP contribution in [0.4, 0.5) is 17.6 Å². The second-order valence-corrected chi connectivity index (χ2v) is 4.77. The molecule has 0 heterocycles. The first-order valence-electron chi connectivity index (χ1n) is 6.44. The van der Waals surface area contributed by atoms with Crippen LogP contribution in [0.1, 0.15) is 30.0 Å². The van der Waals surface area contributed by atoms with Crippen molar-refractivity contribution < 1.29 is 22.7 Å². The molecule has 0 fully saturated rings. The highest BCUT2D eigenvalue weighted by Gasteiger charge is 2.36. The average Bonchev–Trinajstić information content (AvgIpc) is 2.46. The number of halogens is 4. The van der Waals surface area contributed by atoms with E-state index in [2.05, 4.69) is 0 Å². The SMILES string of the molecule is CCC(O)(c1cccc(C(F)(F)F)c1)c1ccccc1F. The minimum Gasteiger partial charge on any atom is -0.380 e. The van der Waals surface area contributed by atoms with Crippen LogP contribution < -0.4 is 0 Å². The van der Waals surface area contributed by atoms with E-state index in [1.165, 1.54) is 36.4 Å². The van der Waals surface area contributed by atoms with Gasteiger partial charge in [0.1, 0.15) is 11.4 Å². The van der Waals surface area contributed by atoms with Crippen molar-refractivity contribution in [1.29, 1.82) is 0 Å². The summed E-state index contributed by atoms with van der Waals surface area (Å²) in [5, 5.41) is 10.7. The Kier molecular flexibility index (Phi) is 4.05. The van der Waals surface area contributed by atoms with Crippen molar-refractivity contribution in [3.63, 3.8) is 0 Å². The average molecular weight is 298 g/mol. The van der Waals surface area contributed by atoms with E-state index in [-0.39, 0.29) is 17.5 Å². The third-order valence-corrected chi connectivity index (χ3v) is 3.50. The number of benzene rings is 2. The first-order valence-corrected chi connectivity index (χ1v) is 6.44. The van der Waals surface area contributed by atoms with Crippen molar-refractivity contribution in [3.8, 4) is 0 Å². The first-order chi connectivity index (χ1) is 9.79. The van der Waals surface area contributed by atoms with Gasteiger partial charge in [-0.25, -0.2) is 4.39 Å². The predicted molar refractivity (Wildman–Crippen MR) is 71.1 cm³/mol. The topological polar surface area (TPSA) is 20.2 Å². The molecule has 112 valence electrons. The summed E-state index contributed by atoms with van der Waals surface area (Å²) in [7, 11) is 0. The van der Waals surface area contributed by atoms with E-state index in [9.17, 15) is 22.7 Å². The van der Waals surface area contributed by atoms with Crippen LogP contribution in [0.15, 0.2) is 48.5 Å². The summed E-state index contributed by atoms with van der Waals surface area (Å²) in [5.74, 6) is -0.653. The quantitative estimate of drug-likeness (QED) is 0.828. The maximum absolute atomic E-state index is 13.9. The zero-order valence-electron chi connectivity index (χ0n) is 11.3. The lowest BCUT2D eigenvalue weighted by Gasteiger charge is -2.29. The molecule has 0 spiro atoms. The molecule has 0 radical (unpaired) electrons. The molecule has 0 aromatic heterocycles. The fourth-order valence-corrected chi connectivity index (χ4v) is 2.30. The molecule has 21 heavy (non-hydrogen) atoms. The largest absolute Gasteiger partial charge is 0.416 e. The molecule has 5 heteroatoms. The first kappa shape index (κ1) is 15.5. The van der Waals surface area contributed by atoms with Crippen LogP contribution in [0.2, 0.25) is 0 Å². The molecule has 0 saturated heterocycles. The highest BCUT2D eigenvalue weighted by Crippen LogP contribution is 2.37. The van der Waals surface area contributed by atoms with Gasteiger partial charge in [0.2, 0.25) is 0 Å². The van der Waals surface area contributed by atoms with E-state index in [4.69, 9.17) is 0 Å². The zero-order chi connectivity index (χ0) is 15.7. The zero-order valence-corrected chi connectivity index (χ0v) is 11.3. The van der Waals surface area contributed by atoms with Gasteiger partial charge in [0.05, 0.1) is 5.56 Å². The van der Waals surface area contributed by atoms with Crippen LogP contribution >= 0.6 is 0 Å². The van der Waals surface area contributed by atoms with Gasteiger partial charge in [-0.3, -0.25) is 0 Å². The minimum absolute atomic E-state index is 0.0184. The number of hydrogen-bond donors (Lipinski definition) is 1. The Labute approximate surface area is 119 Å². The second-order valence-electron chi connectivity index (χ2n) is 4.77. The molecule has 2 rings (SSSR count). The van der Waals surface area contributed by atoms with Gasteiger partial charge in [0, 0.05) is 5.56 Å². The van der Waals surface area contributed by atoms with E-state index in [1.807, 2.05) is 0 Å². The Hall–Kier alpha value is -1.88. The third kappa shape index (κ3) is 2.93. The molecule has 1 atom stereocenters. The number of rotatable bonds is 3. The summed E-state index contributed by atoms with van der Waals surface area (Å²) in [4.78, 5) is 0. The number of aliphatic hydroxyl groups is 1. The maximum Gasteiger partial charge on any atom is 0.416 e. The normalized spacial score (nSPS) is 14.8. The molecular weight excluding hydrogens is 284 g/mol. The van der Waals surface area contributed by atoms with Crippen molar-refractivity contribution in [1.82, 2.24) is 0 Å². The monoisotopic (exact) mass is 298 g/mol. The van der Waals surface area contributed by atoms with Crippen molar-refractivity contribution in [2.45, 2.75) is 25.1 Å². The van der Waals surface area contributed by atoms with Crippen LogP contribution in [0, 0.1) is 5.82 Å². The number of alkyl halides is 3. The molecule has 1 N–H and O–H groups in total. The highest BCUT2D eigenvalue weighted by atomic mass is 19.4. The van der Waals surface area contributed by atoms with Crippen LogP contribution in [0.25, 0.3) is 0 Å². The standard InChI is InChI=1S/C16H14F4O/c1-2-15(21,13-8-3-4-9-14(13)17)11-6-5-7-12(10-11)16(18,19)20/h3-10,21H,2H2,1H3. The summed E-state index contributed by atoms with van der Waals surface area (Å²) in [6.45, 7) is 1.59.